The number of nitrogens with one attached hydrogen (secondary N) is 1. The molecule has 1 saturated heterocycles. The van der Waals surface area contributed by atoms with Crippen LogP contribution in [0.2, 0.25) is 0 Å². The monoisotopic (exact) mass is 341 g/mol. The van der Waals surface area contributed by atoms with Crippen molar-refractivity contribution in [1.29, 1.82) is 0 Å². The van der Waals surface area contributed by atoms with E-state index in [2.05, 4.69) is 46.3 Å². The minimum atomic E-state index is 0.455. The van der Waals surface area contributed by atoms with Crippen LogP contribution in [0.5, 0.6) is 0 Å². The van der Waals surface area contributed by atoms with Crippen molar-refractivity contribution in [3.8, 4) is 0 Å². The zero-order valence-electron chi connectivity index (χ0n) is 16.0. The number of fused-ring (bicyclic) bond motifs is 1. The molecule has 2 aliphatic heterocycles. The van der Waals surface area contributed by atoms with Crippen LogP contribution in [0.1, 0.15) is 71.1 Å². The molecular formula is C22H35N3. The fourth-order valence-electron chi connectivity index (χ4n) is 5.33. The molecule has 25 heavy (non-hydrogen) atoms. The molecule has 0 aromatic heterocycles. The lowest BCUT2D eigenvalue weighted by molar-refractivity contribution is 0.0563. The molecule has 1 aromatic rings. The van der Waals surface area contributed by atoms with Gasteiger partial charge in [0.05, 0.1) is 18.0 Å². The molecule has 1 saturated carbocycles. The highest BCUT2D eigenvalue weighted by Crippen LogP contribution is 2.37. The summed E-state index contributed by atoms with van der Waals surface area (Å²) in [6.45, 7) is 6.10. The van der Waals surface area contributed by atoms with Crippen molar-refractivity contribution in [3.05, 3.63) is 24.3 Å². The molecule has 1 aliphatic carbocycles. The third-order valence-corrected chi connectivity index (χ3v) is 7.00. The van der Waals surface area contributed by atoms with Crippen molar-refractivity contribution in [2.45, 2.75) is 82.7 Å². The van der Waals surface area contributed by atoms with Gasteiger partial charge in [-0.25, -0.2) is 0 Å². The Hall–Kier alpha value is -1.22. The predicted molar refractivity (Wildman–Crippen MR) is 107 cm³/mol. The van der Waals surface area contributed by atoms with Gasteiger partial charge in [-0.05, 0) is 44.7 Å². The number of likely N-dealkylation sites (tertiary alicyclic amines) is 1. The molecule has 1 N–H and O–H groups in total. The molecule has 3 nitrogen and oxygen atoms in total. The summed E-state index contributed by atoms with van der Waals surface area (Å²) < 4.78 is 0. The van der Waals surface area contributed by atoms with Gasteiger partial charge in [-0.1, -0.05) is 50.7 Å². The van der Waals surface area contributed by atoms with Gasteiger partial charge >= 0.3 is 0 Å². The maximum Gasteiger partial charge on any atom is 0.0880 e. The summed E-state index contributed by atoms with van der Waals surface area (Å²) >= 11 is 0. The van der Waals surface area contributed by atoms with Crippen LogP contribution in [-0.4, -0.2) is 36.2 Å². The van der Waals surface area contributed by atoms with Gasteiger partial charge in [0.15, 0.2) is 0 Å². The van der Waals surface area contributed by atoms with Crippen molar-refractivity contribution in [1.82, 2.24) is 4.90 Å². The Labute approximate surface area is 153 Å². The third-order valence-electron chi connectivity index (χ3n) is 7.00. The summed E-state index contributed by atoms with van der Waals surface area (Å²) in [5.74, 6) is 0. The molecule has 0 radical (unpaired) electrons. The number of benzene rings is 1. The molecule has 0 bridgehead atoms. The molecule has 138 valence electrons. The van der Waals surface area contributed by atoms with Crippen LogP contribution in [-0.2, 0) is 0 Å². The Bertz CT molecular complexity index is 552. The van der Waals surface area contributed by atoms with E-state index in [1.54, 1.807) is 0 Å². The van der Waals surface area contributed by atoms with Crippen molar-refractivity contribution >= 4 is 11.4 Å². The SMILES string of the molecule is CC1(N2CCC(N3CNc4ccccc43)CC2)CCCCCCCC1. The topological polar surface area (TPSA) is 18.5 Å². The number of para-hydroxylation sites is 2. The second kappa shape index (κ2) is 7.57. The van der Waals surface area contributed by atoms with Gasteiger partial charge in [0, 0.05) is 24.7 Å². The number of hydrogen-bond donors (Lipinski definition) is 1. The van der Waals surface area contributed by atoms with Crippen LogP contribution < -0.4 is 10.2 Å². The Balaban J connectivity index is 1.38. The van der Waals surface area contributed by atoms with Crippen molar-refractivity contribution in [2.75, 3.05) is 30.0 Å². The molecule has 1 aromatic carbocycles. The first-order chi connectivity index (χ1) is 12.3. The lowest BCUT2D eigenvalue weighted by Crippen LogP contribution is -2.53. The van der Waals surface area contributed by atoms with Crippen LogP contribution in [0.3, 0.4) is 0 Å². The molecule has 3 aliphatic rings. The van der Waals surface area contributed by atoms with Gasteiger partial charge < -0.3 is 10.2 Å². The first-order valence-electron chi connectivity index (χ1n) is 10.6. The van der Waals surface area contributed by atoms with Crippen LogP contribution in [0, 0.1) is 0 Å². The summed E-state index contributed by atoms with van der Waals surface area (Å²) in [5, 5.41) is 3.56. The van der Waals surface area contributed by atoms with E-state index >= 15 is 0 Å². The molecule has 2 fully saturated rings. The molecule has 0 unspecified atom stereocenters. The third kappa shape index (κ3) is 3.67. The second-order valence-corrected chi connectivity index (χ2v) is 8.66. The molecule has 2 heterocycles. The van der Waals surface area contributed by atoms with E-state index in [4.69, 9.17) is 0 Å². The summed E-state index contributed by atoms with van der Waals surface area (Å²) in [4.78, 5) is 5.46. The largest absolute Gasteiger partial charge is 0.366 e. The maximum absolute atomic E-state index is 3.56. The smallest absolute Gasteiger partial charge is 0.0880 e. The number of anilines is 2. The Morgan fingerprint density at radius 3 is 2.28 bits per heavy atom. The Kier molecular flexibility index (Phi) is 5.21. The van der Waals surface area contributed by atoms with Crippen molar-refractivity contribution < 1.29 is 0 Å². The van der Waals surface area contributed by atoms with Gasteiger partial charge in [-0.15, -0.1) is 0 Å². The maximum atomic E-state index is 3.56. The normalized spacial score (nSPS) is 25.6. The van der Waals surface area contributed by atoms with Gasteiger partial charge in [0.25, 0.3) is 0 Å². The fraction of sp³-hybridized carbons (Fsp3) is 0.727. The van der Waals surface area contributed by atoms with Crippen molar-refractivity contribution in [2.24, 2.45) is 0 Å². The highest BCUT2D eigenvalue weighted by molar-refractivity contribution is 5.74. The number of nitrogens with zero attached hydrogens (tertiary/aromatic N) is 2. The van der Waals surface area contributed by atoms with E-state index in [0.717, 1.165) is 6.67 Å². The molecule has 0 atom stereocenters. The lowest BCUT2D eigenvalue weighted by Gasteiger charge is -2.47. The van der Waals surface area contributed by atoms with E-state index in [1.165, 1.54) is 88.7 Å². The van der Waals surface area contributed by atoms with Crippen LogP contribution in [0.4, 0.5) is 11.4 Å². The summed E-state index contributed by atoms with van der Waals surface area (Å²) in [6, 6.07) is 9.50. The summed E-state index contributed by atoms with van der Waals surface area (Å²) in [5.41, 5.74) is 3.18. The highest BCUT2D eigenvalue weighted by Gasteiger charge is 2.36. The van der Waals surface area contributed by atoms with Crippen LogP contribution >= 0.6 is 0 Å². The first kappa shape index (κ1) is 17.2. The van der Waals surface area contributed by atoms with E-state index in [9.17, 15) is 0 Å². The summed E-state index contributed by atoms with van der Waals surface area (Å²) in [6.07, 6.45) is 14.1. The van der Waals surface area contributed by atoms with E-state index < -0.39 is 0 Å². The number of piperidine rings is 1. The van der Waals surface area contributed by atoms with E-state index in [1.807, 2.05) is 0 Å². The highest BCUT2D eigenvalue weighted by atomic mass is 15.3. The van der Waals surface area contributed by atoms with Crippen LogP contribution in [0.25, 0.3) is 0 Å². The number of rotatable bonds is 2. The average Bonchev–Trinajstić information content (AvgIpc) is 3.11. The molecule has 0 amide bonds. The molecule has 4 rings (SSSR count). The van der Waals surface area contributed by atoms with Gasteiger partial charge in [-0.2, -0.15) is 0 Å². The standard InChI is InChI=1S/C22H35N3/c1-22(14-8-4-2-3-5-9-15-22)24-16-12-19(13-17-24)25-18-23-20-10-6-7-11-21(20)25/h6-7,10-11,19,23H,2-5,8-9,12-18H2,1H3. The van der Waals surface area contributed by atoms with Gasteiger partial charge in [0.1, 0.15) is 0 Å². The minimum absolute atomic E-state index is 0.455. The number of hydrogen-bond acceptors (Lipinski definition) is 3. The Morgan fingerprint density at radius 2 is 1.56 bits per heavy atom. The van der Waals surface area contributed by atoms with Gasteiger partial charge in [0.2, 0.25) is 0 Å². The predicted octanol–water partition coefficient (Wildman–Crippen LogP) is 5.23. The molecular weight excluding hydrogens is 306 g/mol. The van der Waals surface area contributed by atoms with E-state index in [0.29, 0.717) is 11.6 Å². The second-order valence-electron chi connectivity index (χ2n) is 8.66. The first-order valence-corrected chi connectivity index (χ1v) is 10.6. The van der Waals surface area contributed by atoms with Crippen LogP contribution in [0.15, 0.2) is 24.3 Å². The van der Waals surface area contributed by atoms with E-state index in [-0.39, 0.29) is 0 Å². The average molecular weight is 342 g/mol. The quantitative estimate of drug-likeness (QED) is 0.794. The van der Waals surface area contributed by atoms with Crippen molar-refractivity contribution in [3.63, 3.8) is 0 Å². The lowest BCUT2D eigenvalue weighted by atomic mass is 9.85. The Morgan fingerprint density at radius 1 is 0.920 bits per heavy atom. The zero-order chi connectivity index (χ0) is 17.1. The minimum Gasteiger partial charge on any atom is -0.366 e. The van der Waals surface area contributed by atoms with Gasteiger partial charge in [-0.3, -0.25) is 4.90 Å². The molecule has 3 heteroatoms. The molecule has 0 spiro atoms. The zero-order valence-corrected chi connectivity index (χ0v) is 16.0. The fourth-order valence-corrected chi connectivity index (χ4v) is 5.33. The summed E-state index contributed by atoms with van der Waals surface area (Å²) in [7, 11) is 0.